The van der Waals surface area contributed by atoms with Crippen LogP contribution < -0.4 is 5.32 Å². The van der Waals surface area contributed by atoms with E-state index in [4.69, 9.17) is 5.11 Å². The quantitative estimate of drug-likeness (QED) is 0.694. The van der Waals surface area contributed by atoms with Crippen molar-refractivity contribution in [3.63, 3.8) is 0 Å². The van der Waals surface area contributed by atoms with Gasteiger partial charge in [-0.3, -0.25) is 9.48 Å². The highest BCUT2D eigenvalue weighted by molar-refractivity contribution is 5.85. The number of aromatic nitrogens is 2. The van der Waals surface area contributed by atoms with Crippen molar-refractivity contribution < 1.29 is 14.7 Å². The third kappa shape index (κ3) is 4.96. The molecule has 2 N–H and O–H groups in total. The molecule has 0 aromatic carbocycles. The number of nitrogens with one attached hydrogen (secondary N) is 1. The summed E-state index contributed by atoms with van der Waals surface area (Å²) in [6.07, 6.45) is 1.84. The molecule has 0 aliphatic heterocycles. The minimum atomic E-state index is -1.07. The van der Waals surface area contributed by atoms with Crippen LogP contribution in [-0.2, 0) is 11.3 Å². The predicted molar refractivity (Wildman–Crippen MR) is 65.4 cm³/mol. The molecule has 7 heteroatoms. The van der Waals surface area contributed by atoms with Crippen molar-refractivity contribution >= 4 is 11.9 Å². The maximum Gasteiger partial charge on any atom is 0.356 e. The summed E-state index contributed by atoms with van der Waals surface area (Å²) in [5.41, 5.74) is -0.0111. The van der Waals surface area contributed by atoms with Crippen LogP contribution >= 0.6 is 0 Å². The van der Waals surface area contributed by atoms with Crippen LogP contribution in [-0.4, -0.2) is 58.8 Å². The molecule has 0 aliphatic rings. The van der Waals surface area contributed by atoms with Gasteiger partial charge < -0.3 is 15.3 Å². The maximum atomic E-state index is 11.5. The fourth-order valence-electron chi connectivity index (χ4n) is 1.32. The van der Waals surface area contributed by atoms with E-state index in [1.165, 1.54) is 10.7 Å². The largest absolute Gasteiger partial charge is 0.476 e. The first-order valence-corrected chi connectivity index (χ1v) is 5.67. The van der Waals surface area contributed by atoms with E-state index in [1.54, 1.807) is 6.20 Å². The number of carbonyl (C=O) groups excluding carboxylic acids is 1. The Hall–Kier alpha value is -1.89. The van der Waals surface area contributed by atoms with E-state index in [0.29, 0.717) is 13.1 Å². The van der Waals surface area contributed by atoms with Gasteiger partial charge in [-0.2, -0.15) is 5.10 Å². The highest BCUT2D eigenvalue weighted by Gasteiger charge is 2.07. The summed E-state index contributed by atoms with van der Waals surface area (Å²) in [5, 5.41) is 15.3. The predicted octanol–water partition coefficient (Wildman–Crippen LogP) is -0.351. The third-order valence-corrected chi connectivity index (χ3v) is 2.31. The van der Waals surface area contributed by atoms with Gasteiger partial charge in [-0.25, -0.2) is 4.79 Å². The Kier molecular flexibility index (Phi) is 5.31. The second kappa shape index (κ2) is 6.75. The molecular weight excluding hydrogens is 236 g/mol. The topological polar surface area (TPSA) is 87.5 Å². The number of carboxylic acids is 1. The molecule has 1 heterocycles. The van der Waals surface area contributed by atoms with E-state index in [-0.39, 0.29) is 18.0 Å². The monoisotopic (exact) mass is 254 g/mol. The summed E-state index contributed by atoms with van der Waals surface area (Å²) in [4.78, 5) is 24.0. The van der Waals surface area contributed by atoms with E-state index in [0.717, 1.165) is 6.54 Å². The fourth-order valence-corrected chi connectivity index (χ4v) is 1.32. The number of hydrogen-bond acceptors (Lipinski definition) is 4. The second-order valence-electron chi connectivity index (χ2n) is 4.17. The molecule has 0 fully saturated rings. The van der Waals surface area contributed by atoms with Crippen molar-refractivity contribution in [2.24, 2.45) is 0 Å². The summed E-state index contributed by atoms with van der Waals surface area (Å²) in [5.74, 6) is -1.13. The van der Waals surface area contributed by atoms with Crippen molar-refractivity contribution in [3.05, 3.63) is 18.0 Å². The minimum absolute atomic E-state index is 0.0111. The zero-order valence-electron chi connectivity index (χ0n) is 10.6. The fraction of sp³-hybridized carbons (Fsp3) is 0.545. The summed E-state index contributed by atoms with van der Waals surface area (Å²) >= 11 is 0. The van der Waals surface area contributed by atoms with Gasteiger partial charge in [-0.1, -0.05) is 0 Å². The number of carbonyl (C=O) groups is 2. The van der Waals surface area contributed by atoms with Crippen LogP contribution in [0.2, 0.25) is 0 Å². The van der Waals surface area contributed by atoms with Crippen LogP contribution in [0.1, 0.15) is 16.9 Å². The third-order valence-electron chi connectivity index (χ3n) is 2.31. The lowest BCUT2D eigenvalue weighted by molar-refractivity contribution is -0.121. The van der Waals surface area contributed by atoms with Gasteiger partial charge in [0.15, 0.2) is 5.69 Å². The van der Waals surface area contributed by atoms with Crippen molar-refractivity contribution in [3.8, 4) is 0 Å². The highest BCUT2D eigenvalue weighted by atomic mass is 16.4. The van der Waals surface area contributed by atoms with Crippen LogP contribution in [0.3, 0.4) is 0 Å². The SMILES string of the molecule is CN(C)CCNC(=O)CCn1ccc(C(=O)O)n1. The molecule has 100 valence electrons. The molecule has 0 saturated heterocycles. The van der Waals surface area contributed by atoms with Crippen LogP contribution in [0.4, 0.5) is 0 Å². The summed E-state index contributed by atoms with van der Waals surface area (Å²) < 4.78 is 1.45. The van der Waals surface area contributed by atoms with Crippen LogP contribution in [0, 0.1) is 0 Å². The Balaban J connectivity index is 2.27. The molecule has 0 atom stereocenters. The molecule has 0 aliphatic carbocycles. The summed E-state index contributed by atoms with van der Waals surface area (Å²) in [7, 11) is 3.87. The number of hydrogen-bond donors (Lipinski definition) is 2. The molecule has 1 aromatic rings. The molecule has 7 nitrogen and oxygen atoms in total. The first-order chi connectivity index (χ1) is 8.49. The number of rotatable bonds is 7. The molecule has 0 spiro atoms. The first kappa shape index (κ1) is 14.2. The van der Waals surface area contributed by atoms with Gasteiger partial charge in [-0.15, -0.1) is 0 Å². The Morgan fingerprint density at radius 1 is 1.50 bits per heavy atom. The lowest BCUT2D eigenvalue weighted by atomic mass is 10.4. The molecule has 18 heavy (non-hydrogen) atoms. The van der Waals surface area contributed by atoms with Crippen molar-refractivity contribution in [2.75, 3.05) is 27.2 Å². The molecule has 0 saturated carbocycles. The van der Waals surface area contributed by atoms with Gasteiger partial charge in [-0.05, 0) is 20.2 Å². The number of aryl methyl sites for hydroxylation is 1. The highest BCUT2D eigenvalue weighted by Crippen LogP contribution is 1.96. The minimum Gasteiger partial charge on any atom is -0.476 e. The van der Waals surface area contributed by atoms with Gasteiger partial charge in [0.1, 0.15) is 0 Å². The smallest absolute Gasteiger partial charge is 0.356 e. The Labute approximate surface area is 105 Å². The lowest BCUT2D eigenvalue weighted by Crippen LogP contribution is -2.31. The molecule has 1 rings (SSSR count). The standard InChI is InChI=1S/C11H18N4O3/c1-14(2)8-5-12-10(16)4-7-15-6-3-9(13-15)11(17)18/h3,6H,4-5,7-8H2,1-2H3,(H,12,16)(H,17,18). The Morgan fingerprint density at radius 2 is 2.22 bits per heavy atom. The molecule has 1 aromatic heterocycles. The zero-order valence-corrected chi connectivity index (χ0v) is 10.6. The molecular formula is C11H18N4O3. The summed E-state index contributed by atoms with van der Waals surface area (Å²) in [6.45, 7) is 1.77. The molecule has 0 bridgehead atoms. The van der Waals surface area contributed by atoms with E-state index in [1.807, 2.05) is 19.0 Å². The maximum absolute atomic E-state index is 11.5. The number of likely N-dealkylation sites (N-methyl/N-ethyl adjacent to an activating group) is 1. The van der Waals surface area contributed by atoms with Crippen LogP contribution in [0.25, 0.3) is 0 Å². The number of carboxylic acid groups (broad SMARTS) is 1. The summed E-state index contributed by atoms with van der Waals surface area (Å²) in [6, 6.07) is 1.41. The second-order valence-corrected chi connectivity index (χ2v) is 4.17. The Bertz CT molecular complexity index is 414. The number of aromatic carboxylic acids is 1. The Morgan fingerprint density at radius 3 is 2.78 bits per heavy atom. The molecule has 1 amide bonds. The van der Waals surface area contributed by atoms with Crippen LogP contribution in [0.5, 0.6) is 0 Å². The zero-order chi connectivity index (χ0) is 13.5. The molecule has 0 radical (unpaired) electrons. The van der Waals surface area contributed by atoms with Gasteiger partial charge in [0, 0.05) is 32.3 Å². The van der Waals surface area contributed by atoms with E-state index < -0.39 is 5.97 Å². The average Bonchev–Trinajstić information content (AvgIpc) is 2.74. The van der Waals surface area contributed by atoms with Gasteiger partial charge in [0.2, 0.25) is 5.91 Å². The number of nitrogens with zero attached hydrogens (tertiary/aromatic N) is 3. The van der Waals surface area contributed by atoms with Crippen LogP contribution in [0.15, 0.2) is 12.3 Å². The van der Waals surface area contributed by atoms with Crippen molar-refractivity contribution in [1.82, 2.24) is 20.0 Å². The lowest BCUT2D eigenvalue weighted by Gasteiger charge is -2.10. The van der Waals surface area contributed by atoms with E-state index in [2.05, 4.69) is 10.4 Å². The van der Waals surface area contributed by atoms with E-state index in [9.17, 15) is 9.59 Å². The molecule has 0 unspecified atom stereocenters. The van der Waals surface area contributed by atoms with Crippen molar-refractivity contribution in [2.45, 2.75) is 13.0 Å². The normalized spacial score (nSPS) is 10.6. The van der Waals surface area contributed by atoms with Gasteiger partial charge in [0.05, 0.1) is 0 Å². The van der Waals surface area contributed by atoms with Crippen molar-refractivity contribution in [1.29, 1.82) is 0 Å². The van der Waals surface area contributed by atoms with E-state index >= 15 is 0 Å². The average molecular weight is 254 g/mol. The van der Waals surface area contributed by atoms with Gasteiger partial charge >= 0.3 is 5.97 Å². The number of amides is 1. The van der Waals surface area contributed by atoms with Gasteiger partial charge in [0.25, 0.3) is 0 Å². The first-order valence-electron chi connectivity index (χ1n) is 5.67.